The van der Waals surface area contributed by atoms with Crippen molar-refractivity contribution in [1.82, 2.24) is 10.2 Å². The molecule has 1 unspecified atom stereocenters. The number of hydrogen-bond acceptors (Lipinski definition) is 3. The van der Waals surface area contributed by atoms with Crippen molar-refractivity contribution in [3.8, 4) is 0 Å². The van der Waals surface area contributed by atoms with Crippen LogP contribution in [-0.4, -0.2) is 52.6 Å². The van der Waals surface area contributed by atoms with E-state index in [2.05, 4.69) is 12.2 Å². The summed E-state index contributed by atoms with van der Waals surface area (Å²) in [6.07, 6.45) is 4.78. The summed E-state index contributed by atoms with van der Waals surface area (Å²) in [4.78, 5) is 24.9. The van der Waals surface area contributed by atoms with Crippen molar-refractivity contribution in [2.45, 2.75) is 45.1 Å². The van der Waals surface area contributed by atoms with Crippen molar-refractivity contribution >= 4 is 23.8 Å². The maximum atomic E-state index is 12.3. The van der Waals surface area contributed by atoms with Crippen LogP contribution in [0.15, 0.2) is 0 Å². The number of hydrogen-bond donors (Lipinski definition) is 2. The second-order valence-electron chi connectivity index (χ2n) is 5.89. The summed E-state index contributed by atoms with van der Waals surface area (Å²) in [5, 5.41) is 12.0. The first-order valence-corrected chi connectivity index (χ1v) is 8.56. The highest BCUT2D eigenvalue weighted by atomic mass is 32.2. The van der Waals surface area contributed by atoms with Gasteiger partial charge in [-0.25, -0.2) is 4.79 Å². The number of aliphatic carboxylic acids is 1. The molecule has 1 saturated carbocycles. The number of carbonyl (C=O) groups is 2. The Hall–Kier alpha value is -0.910. The molecule has 0 spiro atoms. The number of carboxylic acids is 1. The molecule has 5 nitrogen and oxygen atoms in total. The Kier molecular flexibility index (Phi) is 5.18. The number of rotatable bonds is 5. The highest BCUT2D eigenvalue weighted by Gasteiger charge is 2.36. The van der Waals surface area contributed by atoms with Gasteiger partial charge in [0.05, 0.1) is 12.5 Å². The molecule has 0 radical (unpaired) electrons. The summed E-state index contributed by atoms with van der Waals surface area (Å²) in [5.74, 6) is 0.778. The lowest BCUT2D eigenvalue weighted by Crippen LogP contribution is -2.53. The molecule has 6 heteroatoms. The summed E-state index contributed by atoms with van der Waals surface area (Å²) in [6.45, 7) is 3.55. The van der Waals surface area contributed by atoms with Crippen molar-refractivity contribution in [2.75, 3.05) is 24.6 Å². The largest absolute Gasteiger partial charge is 0.481 e. The summed E-state index contributed by atoms with van der Waals surface area (Å²) in [7, 11) is 0. The Bertz CT molecular complexity index is 366. The van der Waals surface area contributed by atoms with Gasteiger partial charge in [-0.15, -0.1) is 0 Å². The van der Waals surface area contributed by atoms with E-state index in [1.807, 2.05) is 0 Å². The smallest absolute Gasteiger partial charge is 0.317 e. The SMILES string of the molecule is CCC1(CNC(=O)N2CCSCC2CC(=O)O)CCC1. The van der Waals surface area contributed by atoms with Crippen molar-refractivity contribution in [3.05, 3.63) is 0 Å². The molecule has 1 heterocycles. The van der Waals surface area contributed by atoms with E-state index < -0.39 is 5.97 Å². The molecule has 2 rings (SSSR count). The highest BCUT2D eigenvalue weighted by Crippen LogP contribution is 2.43. The first-order valence-electron chi connectivity index (χ1n) is 7.40. The van der Waals surface area contributed by atoms with Gasteiger partial charge in [-0.3, -0.25) is 4.79 Å². The van der Waals surface area contributed by atoms with Crippen LogP contribution in [-0.2, 0) is 4.79 Å². The zero-order valence-corrected chi connectivity index (χ0v) is 12.9. The highest BCUT2D eigenvalue weighted by molar-refractivity contribution is 7.99. The minimum atomic E-state index is -0.834. The van der Waals surface area contributed by atoms with Gasteiger partial charge >= 0.3 is 12.0 Å². The Morgan fingerprint density at radius 1 is 1.45 bits per heavy atom. The summed E-state index contributed by atoms with van der Waals surface area (Å²) < 4.78 is 0. The molecule has 2 aliphatic rings. The first-order chi connectivity index (χ1) is 9.56. The number of carbonyl (C=O) groups excluding carboxylic acids is 1. The van der Waals surface area contributed by atoms with Crippen LogP contribution in [0.5, 0.6) is 0 Å². The fourth-order valence-corrected chi connectivity index (χ4v) is 4.05. The molecule has 0 bridgehead atoms. The van der Waals surface area contributed by atoms with Crippen LogP contribution in [0.1, 0.15) is 39.0 Å². The zero-order valence-electron chi connectivity index (χ0n) is 12.1. The van der Waals surface area contributed by atoms with Crippen LogP contribution >= 0.6 is 11.8 Å². The van der Waals surface area contributed by atoms with Gasteiger partial charge in [0.1, 0.15) is 0 Å². The van der Waals surface area contributed by atoms with Crippen LogP contribution in [0.4, 0.5) is 4.79 Å². The van der Waals surface area contributed by atoms with Crippen LogP contribution in [0, 0.1) is 5.41 Å². The topological polar surface area (TPSA) is 69.6 Å². The monoisotopic (exact) mass is 300 g/mol. The number of nitrogens with zero attached hydrogens (tertiary/aromatic N) is 1. The maximum Gasteiger partial charge on any atom is 0.317 e. The van der Waals surface area contributed by atoms with Crippen LogP contribution in [0.3, 0.4) is 0 Å². The van der Waals surface area contributed by atoms with Gasteiger partial charge < -0.3 is 15.3 Å². The minimum absolute atomic E-state index is 0.0410. The summed E-state index contributed by atoms with van der Waals surface area (Å²) >= 11 is 1.72. The molecular weight excluding hydrogens is 276 g/mol. The van der Waals surface area contributed by atoms with E-state index in [4.69, 9.17) is 5.11 Å². The summed E-state index contributed by atoms with van der Waals surface area (Å²) in [5.41, 5.74) is 0.294. The molecule has 2 N–H and O–H groups in total. The maximum absolute atomic E-state index is 12.3. The number of nitrogens with one attached hydrogen (secondary N) is 1. The fourth-order valence-electron chi connectivity index (χ4n) is 2.99. The van der Waals surface area contributed by atoms with E-state index in [0.29, 0.717) is 12.0 Å². The Morgan fingerprint density at radius 3 is 2.75 bits per heavy atom. The van der Waals surface area contributed by atoms with Crippen LogP contribution < -0.4 is 5.32 Å². The van der Waals surface area contributed by atoms with Gasteiger partial charge in [-0.1, -0.05) is 13.3 Å². The second-order valence-corrected chi connectivity index (χ2v) is 7.04. The van der Waals surface area contributed by atoms with E-state index in [9.17, 15) is 9.59 Å². The van der Waals surface area contributed by atoms with Gasteiger partial charge in [-0.2, -0.15) is 11.8 Å². The predicted octanol–water partition coefficient (Wildman–Crippen LogP) is 2.17. The van der Waals surface area contributed by atoms with Crippen molar-refractivity contribution < 1.29 is 14.7 Å². The third-order valence-corrected chi connectivity index (χ3v) is 5.77. The molecule has 1 aliphatic carbocycles. The third kappa shape index (κ3) is 3.59. The Labute approximate surface area is 124 Å². The normalized spacial score (nSPS) is 24.9. The van der Waals surface area contributed by atoms with Gasteiger partial charge in [0.25, 0.3) is 0 Å². The van der Waals surface area contributed by atoms with Gasteiger partial charge in [-0.05, 0) is 24.7 Å². The molecule has 1 atom stereocenters. The standard InChI is InChI=1S/C14H24N2O3S/c1-2-14(4-3-5-14)10-15-13(19)16-6-7-20-9-11(16)8-12(17)18/h11H,2-10H2,1H3,(H,15,19)(H,17,18). The average Bonchev–Trinajstić information content (AvgIpc) is 2.37. The van der Waals surface area contributed by atoms with Crippen molar-refractivity contribution in [2.24, 2.45) is 5.41 Å². The van der Waals surface area contributed by atoms with Gasteiger partial charge in [0.15, 0.2) is 0 Å². The van der Waals surface area contributed by atoms with Crippen LogP contribution in [0.2, 0.25) is 0 Å². The summed E-state index contributed by atoms with van der Waals surface area (Å²) in [6, 6.07) is -0.263. The third-order valence-electron chi connectivity index (χ3n) is 4.68. The van der Waals surface area contributed by atoms with Crippen molar-refractivity contribution in [3.63, 3.8) is 0 Å². The molecule has 1 saturated heterocycles. The minimum Gasteiger partial charge on any atom is -0.481 e. The lowest BCUT2D eigenvalue weighted by atomic mass is 9.67. The molecule has 114 valence electrons. The van der Waals surface area contributed by atoms with E-state index in [1.165, 1.54) is 19.3 Å². The lowest BCUT2D eigenvalue weighted by molar-refractivity contribution is -0.138. The lowest BCUT2D eigenvalue weighted by Gasteiger charge is -2.42. The fraction of sp³-hybridized carbons (Fsp3) is 0.857. The van der Waals surface area contributed by atoms with Crippen LogP contribution in [0.25, 0.3) is 0 Å². The predicted molar refractivity (Wildman–Crippen MR) is 80.0 cm³/mol. The van der Waals surface area contributed by atoms with E-state index in [-0.39, 0.29) is 18.5 Å². The quantitative estimate of drug-likeness (QED) is 0.816. The molecule has 1 aliphatic heterocycles. The van der Waals surface area contributed by atoms with E-state index >= 15 is 0 Å². The molecule has 2 amide bonds. The average molecular weight is 300 g/mol. The number of carboxylic acid groups (broad SMARTS) is 1. The Morgan fingerprint density at radius 2 is 2.20 bits per heavy atom. The van der Waals surface area contributed by atoms with E-state index in [0.717, 1.165) is 24.5 Å². The number of urea groups is 1. The van der Waals surface area contributed by atoms with Gasteiger partial charge in [0, 0.05) is 24.6 Å². The second kappa shape index (κ2) is 6.70. The van der Waals surface area contributed by atoms with Gasteiger partial charge in [0.2, 0.25) is 0 Å². The first kappa shape index (κ1) is 15.5. The molecule has 0 aromatic carbocycles. The Balaban J connectivity index is 1.87. The van der Waals surface area contributed by atoms with E-state index in [1.54, 1.807) is 16.7 Å². The zero-order chi connectivity index (χ0) is 14.6. The number of amides is 2. The molecule has 20 heavy (non-hydrogen) atoms. The van der Waals surface area contributed by atoms with Crippen molar-refractivity contribution in [1.29, 1.82) is 0 Å². The molecule has 0 aromatic heterocycles. The molecule has 2 fully saturated rings. The number of thioether (sulfide) groups is 1. The molecular formula is C14H24N2O3S. The molecule has 0 aromatic rings.